The monoisotopic (exact) mass is 68.0 g/mol. The van der Waals surface area contributed by atoms with Crippen molar-refractivity contribution in [3.05, 3.63) is 0 Å². The highest BCUT2D eigenvalue weighted by Crippen LogP contribution is 1.65. The Hall–Kier alpha value is -0.930. The van der Waals surface area contributed by atoms with Gasteiger partial charge in [0.15, 0.2) is 0 Å². The van der Waals surface area contributed by atoms with E-state index < -0.39 is 0 Å². The first kappa shape index (κ1) is 2.32. The molecule has 1 aliphatic rings. The lowest BCUT2D eigenvalue weighted by Crippen LogP contribution is -1.93. The Morgan fingerprint density at radius 3 is 2.80 bits per heavy atom. The van der Waals surface area contributed by atoms with Gasteiger partial charge < -0.3 is 0 Å². The lowest BCUT2D eigenvalue weighted by Gasteiger charge is -1.34. The van der Waals surface area contributed by atoms with Crippen LogP contribution in [0.2, 0.25) is 0 Å². The minimum atomic E-state index is 2.14. The van der Waals surface area contributed by atoms with Gasteiger partial charge >= 0.3 is 6.34 Å². The van der Waals surface area contributed by atoms with Gasteiger partial charge in [-0.3, -0.25) is 0 Å². The van der Waals surface area contributed by atoms with E-state index in [-0.39, 0.29) is 0 Å². The highest BCUT2D eigenvalue weighted by atomic mass is 15.6. The third kappa shape index (κ3) is 0.212. The van der Waals surface area contributed by atoms with E-state index in [9.17, 15) is 0 Å². The maximum atomic E-state index is 3.12. The van der Waals surface area contributed by atoms with Gasteiger partial charge in [-0.05, 0) is 0 Å². The summed E-state index contributed by atoms with van der Waals surface area (Å²) in [6.45, 7) is 0. The molecule has 0 N–H and O–H groups in total. The Kier molecular flexibility index (Phi) is 0.368. The summed E-state index contributed by atoms with van der Waals surface area (Å²) in [5, 5.41) is 9.24. The molecule has 3 radical (unpaired) electrons. The highest BCUT2D eigenvalue weighted by molar-refractivity contribution is 5.53. The smallest absolute Gasteiger partial charge is 0.0472 e. The fourth-order valence-electron chi connectivity index (χ4n) is 0.100. The van der Waals surface area contributed by atoms with Crippen molar-refractivity contribution in [3.8, 4) is 0 Å². The van der Waals surface area contributed by atoms with Crippen molar-refractivity contribution in [1.82, 2.24) is 10.6 Å². The van der Waals surface area contributed by atoms with E-state index in [2.05, 4.69) is 27.3 Å². The van der Waals surface area contributed by atoms with E-state index in [0.29, 0.717) is 0 Å². The fraction of sp³-hybridized carbons (Fsp3) is 0. The van der Waals surface area contributed by atoms with E-state index in [0.717, 1.165) is 0 Å². The van der Waals surface area contributed by atoms with Crippen LogP contribution in [0.15, 0.2) is 10.3 Å². The molecule has 4 heteroatoms. The number of rotatable bonds is 0. The molecule has 0 aromatic heterocycles. The van der Waals surface area contributed by atoms with Crippen LogP contribution in [-0.4, -0.2) is 6.34 Å². The maximum absolute atomic E-state index is 3.12. The van der Waals surface area contributed by atoms with Gasteiger partial charge in [0.25, 0.3) is 0 Å². The first-order chi connectivity index (χ1) is 2.50. The first-order valence-electron chi connectivity index (χ1n) is 1.05. The molecule has 0 aliphatic carbocycles. The summed E-state index contributed by atoms with van der Waals surface area (Å²) in [5.41, 5.74) is 3.12. The van der Waals surface area contributed by atoms with Gasteiger partial charge in [0.1, 0.15) is 5.10 Å². The summed E-state index contributed by atoms with van der Waals surface area (Å²) in [6, 6.07) is 0. The quantitative estimate of drug-likeness (QED) is 0.354. The van der Waals surface area contributed by atoms with Gasteiger partial charge in [-0.2, -0.15) is 0 Å². The van der Waals surface area contributed by atoms with Crippen LogP contribution < -0.4 is 10.6 Å². The van der Waals surface area contributed by atoms with Crippen LogP contribution in [0, 0.1) is 0 Å². The summed E-state index contributed by atoms with van der Waals surface area (Å²) >= 11 is 0. The molecule has 4 nitrogen and oxygen atoms in total. The minimum Gasteiger partial charge on any atom is 0.0472 e. The number of hydrogen-bond acceptors (Lipinski definition) is 3. The first-order valence-corrected chi connectivity index (χ1v) is 1.05. The van der Waals surface area contributed by atoms with Crippen LogP contribution in [0.4, 0.5) is 0 Å². The second-order valence-corrected chi connectivity index (χ2v) is 0.479. The van der Waals surface area contributed by atoms with E-state index >= 15 is 0 Å². The Labute approximate surface area is 28.6 Å². The van der Waals surface area contributed by atoms with Gasteiger partial charge in [-0.1, -0.05) is 0 Å². The molecule has 0 aromatic carbocycles. The standard InChI is InChI=1S/CN4/c1-2-4-5-3-1/q+1. The number of hydrogen-bond donors (Lipinski definition) is 0. The van der Waals surface area contributed by atoms with Crippen LogP contribution in [-0.2, 0) is 0 Å². The molecule has 23 valence electrons. The van der Waals surface area contributed by atoms with Crippen molar-refractivity contribution in [3.63, 3.8) is 0 Å². The van der Waals surface area contributed by atoms with Crippen molar-refractivity contribution in [2.45, 2.75) is 0 Å². The Morgan fingerprint density at radius 2 is 2.60 bits per heavy atom. The molecule has 0 saturated heterocycles. The topological polar surface area (TPSA) is 52.9 Å². The molecular formula is CN4+. The van der Waals surface area contributed by atoms with Crippen molar-refractivity contribution in [1.29, 1.82) is 0 Å². The zero-order valence-electron chi connectivity index (χ0n) is 2.29. The molecule has 0 unspecified atom stereocenters. The summed E-state index contributed by atoms with van der Waals surface area (Å²) in [7, 11) is 0. The van der Waals surface area contributed by atoms with Crippen molar-refractivity contribution in [2.24, 2.45) is 10.3 Å². The molecule has 1 heterocycles. The second-order valence-electron chi connectivity index (χ2n) is 0.479. The molecule has 1 rings (SSSR count). The molecule has 0 spiro atoms. The van der Waals surface area contributed by atoms with Crippen molar-refractivity contribution in [2.75, 3.05) is 0 Å². The maximum Gasteiger partial charge on any atom is 0.416 e. The molecule has 5 heavy (non-hydrogen) atoms. The second kappa shape index (κ2) is 0.794. The van der Waals surface area contributed by atoms with E-state index in [4.69, 9.17) is 0 Å². The predicted octanol–water partition coefficient (Wildman–Crippen LogP) is -0.872. The summed E-state index contributed by atoms with van der Waals surface area (Å²) in [5.74, 6) is 0. The normalized spacial score (nSPS) is 16.0. The van der Waals surface area contributed by atoms with Gasteiger partial charge in [0.2, 0.25) is 10.4 Å². The molecule has 0 fully saturated rings. The van der Waals surface area contributed by atoms with Gasteiger partial charge in [0.05, 0.1) is 0 Å². The molecular weight excluding hydrogens is 68.0 g/mol. The Bertz CT molecular complexity index is 61.7. The highest BCUT2D eigenvalue weighted by Gasteiger charge is 1.98. The third-order valence-corrected chi connectivity index (χ3v) is 0.219. The summed E-state index contributed by atoms with van der Waals surface area (Å²) in [6.07, 6.45) is 2.14. The average Bonchev–Trinajstić information content (AvgIpc) is 1.76. The zero-order valence-corrected chi connectivity index (χ0v) is 2.29. The Balaban J connectivity index is 2.61. The third-order valence-electron chi connectivity index (χ3n) is 0.219. The lowest BCUT2D eigenvalue weighted by atomic mass is 11.4. The molecule has 0 amide bonds. The fourth-order valence-corrected chi connectivity index (χ4v) is 0.100. The van der Waals surface area contributed by atoms with Gasteiger partial charge in [-0.15, -0.1) is 0 Å². The molecule has 0 aromatic rings. The van der Waals surface area contributed by atoms with Crippen LogP contribution in [0.5, 0.6) is 0 Å². The largest absolute Gasteiger partial charge is 0.416 e. The SMILES string of the molecule is [C]1=NN=[N+][N]1. The van der Waals surface area contributed by atoms with Gasteiger partial charge in [0, 0.05) is 5.43 Å². The average molecular weight is 68.0 g/mol. The zero-order chi connectivity index (χ0) is 3.54. The lowest BCUT2D eigenvalue weighted by molar-refractivity contribution is 0.811. The molecule has 0 saturated carbocycles. The predicted molar refractivity (Wildman–Crippen MR) is 14.1 cm³/mol. The minimum absolute atomic E-state index is 2.14. The molecule has 0 bridgehead atoms. The summed E-state index contributed by atoms with van der Waals surface area (Å²) in [4.78, 5) is 0. The summed E-state index contributed by atoms with van der Waals surface area (Å²) < 4.78 is 0. The van der Waals surface area contributed by atoms with E-state index in [1.54, 1.807) is 0 Å². The van der Waals surface area contributed by atoms with E-state index in [1.165, 1.54) is 0 Å². The molecule has 0 atom stereocenters. The van der Waals surface area contributed by atoms with Crippen LogP contribution in [0.3, 0.4) is 0 Å². The van der Waals surface area contributed by atoms with Crippen molar-refractivity contribution >= 4 is 6.34 Å². The van der Waals surface area contributed by atoms with E-state index in [1.807, 2.05) is 0 Å². The van der Waals surface area contributed by atoms with Crippen LogP contribution in [0.1, 0.15) is 0 Å². The Morgan fingerprint density at radius 1 is 1.60 bits per heavy atom. The molecule has 1 aliphatic heterocycles. The van der Waals surface area contributed by atoms with Crippen LogP contribution >= 0.6 is 0 Å². The van der Waals surface area contributed by atoms with Crippen molar-refractivity contribution < 1.29 is 0 Å². The number of nitrogens with zero attached hydrogens (tertiary/aromatic N) is 4. The van der Waals surface area contributed by atoms with Crippen LogP contribution in [0.25, 0.3) is 0 Å². The van der Waals surface area contributed by atoms with Gasteiger partial charge in [-0.25, -0.2) is 0 Å².